The minimum absolute atomic E-state index is 0.163. The average Bonchev–Trinajstić information content (AvgIpc) is 3.13. The van der Waals surface area contributed by atoms with E-state index in [0.717, 1.165) is 16.4 Å². The van der Waals surface area contributed by atoms with Gasteiger partial charge in [0.2, 0.25) is 10.0 Å². The highest BCUT2D eigenvalue weighted by Gasteiger charge is 2.30. The van der Waals surface area contributed by atoms with Crippen molar-refractivity contribution >= 4 is 49.8 Å². The number of rotatable bonds is 5. The summed E-state index contributed by atoms with van der Waals surface area (Å²) in [4.78, 5) is 12.3. The van der Waals surface area contributed by atoms with Gasteiger partial charge in [-0.15, -0.1) is 0 Å². The highest BCUT2D eigenvalue weighted by atomic mass is 127. The van der Waals surface area contributed by atoms with Crippen LogP contribution in [0.15, 0.2) is 29.1 Å². The molecule has 0 aliphatic heterocycles. The zero-order valence-corrected chi connectivity index (χ0v) is 18.0. The molecule has 3 rings (SSSR count). The van der Waals surface area contributed by atoms with Crippen molar-refractivity contribution in [1.82, 2.24) is 4.57 Å². The van der Waals surface area contributed by atoms with Crippen LogP contribution in [0.5, 0.6) is 0 Å². The first-order valence-corrected chi connectivity index (χ1v) is 11.3. The fraction of sp³-hybridized carbons (Fsp3) is 0.389. The van der Waals surface area contributed by atoms with E-state index in [-0.39, 0.29) is 22.8 Å². The summed E-state index contributed by atoms with van der Waals surface area (Å²) in [7, 11) is -2.07. The van der Waals surface area contributed by atoms with Crippen LogP contribution in [-0.2, 0) is 17.1 Å². The summed E-state index contributed by atoms with van der Waals surface area (Å²) < 4.78 is 44.4. The largest absolute Gasteiger partial charge is 0.337 e. The Labute approximate surface area is 171 Å². The van der Waals surface area contributed by atoms with Crippen LogP contribution < -0.4 is 15.6 Å². The number of nitrogens with one attached hydrogen (secondary N) is 2. The second-order valence-corrected chi connectivity index (χ2v) is 9.96. The van der Waals surface area contributed by atoms with Crippen LogP contribution in [0.2, 0.25) is 0 Å². The minimum Gasteiger partial charge on any atom is -0.337 e. The first-order valence-electron chi connectivity index (χ1n) is 8.63. The van der Waals surface area contributed by atoms with E-state index in [9.17, 15) is 17.6 Å². The van der Waals surface area contributed by atoms with E-state index in [0.29, 0.717) is 18.4 Å². The normalized spacial score (nSPS) is 15.1. The van der Waals surface area contributed by atoms with Gasteiger partial charge in [0.1, 0.15) is 11.6 Å². The number of aromatic nitrogens is 1. The van der Waals surface area contributed by atoms with Gasteiger partial charge in [-0.25, -0.2) is 12.8 Å². The Morgan fingerprint density at radius 3 is 2.48 bits per heavy atom. The average molecular weight is 505 g/mol. The van der Waals surface area contributed by atoms with E-state index in [2.05, 4.69) is 10.0 Å². The Hall–Kier alpha value is -1.62. The maximum Gasteiger partial charge on any atom is 0.254 e. The minimum atomic E-state index is -3.59. The molecule has 0 bridgehead atoms. The third kappa shape index (κ3) is 4.29. The second kappa shape index (κ2) is 7.78. The lowest BCUT2D eigenvalue weighted by atomic mass is 10.2. The van der Waals surface area contributed by atoms with Crippen molar-refractivity contribution in [2.75, 3.05) is 10.0 Å². The monoisotopic (exact) mass is 505 g/mol. The van der Waals surface area contributed by atoms with E-state index in [4.69, 9.17) is 0 Å². The number of pyridine rings is 1. The van der Waals surface area contributed by atoms with E-state index in [1.807, 2.05) is 22.6 Å². The van der Waals surface area contributed by atoms with Crippen molar-refractivity contribution in [3.63, 3.8) is 0 Å². The van der Waals surface area contributed by atoms with Gasteiger partial charge in [-0.2, -0.15) is 0 Å². The summed E-state index contributed by atoms with van der Waals surface area (Å²) in [5, 5.41) is 2.43. The van der Waals surface area contributed by atoms with Gasteiger partial charge < -0.3 is 5.32 Å². The van der Waals surface area contributed by atoms with Gasteiger partial charge in [0.15, 0.2) is 0 Å². The molecular weight excluding hydrogens is 484 g/mol. The van der Waals surface area contributed by atoms with Gasteiger partial charge >= 0.3 is 0 Å². The topological polar surface area (TPSA) is 80.2 Å². The first kappa shape index (κ1) is 20.1. The molecule has 2 N–H and O–H groups in total. The predicted octanol–water partition coefficient (Wildman–Crippen LogP) is 3.87. The lowest BCUT2D eigenvalue weighted by Crippen LogP contribution is -2.28. The maximum atomic E-state index is 14.3. The third-order valence-corrected chi connectivity index (χ3v) is 7.30. The maximum absolute atomic E-state index is 14.3. The standard InChI is InChI=1S/C18H21FIN3O3S/c1-11-9-16(22-27(25,26)13-5-3-4-6-13)17(23(2)18(11)24)21-15-8-7-12(20)10-14(15)19/h7-10,13,21-22H,3-6H2,1-2H3. The third-order valence-electron chi connectivity index (χ3n) is 4.77. The molecule has 1 fully saturated rings. The number of nitrogens with zero attached hydrogens (tertiary/aromatic N) is 1. The van der Waals surface area contributed by atoms with Gasteiger partial charge in [0.05, 0.1) is 16.6 Å². The quantitative estimate of drug-likeness (QED) is 0.605. The molecule has 0 saturated heterocycles. The summed E-state index contributed by atoms with van der Waals surface area (Å²) in [5.41, 5.74) is 0.512. The van der Waals surface area contributed by atoms with E-state index >= 15 is 0 Å². The number of anilines is 3. The fourth-order valence-corrected chi connectivity index (χ4v) is 5.31. The van der Waals surface area contributed by atoms with Crippen LogP contribution in [0, 0.1) is 16.3 Å². The number of hydrogen-bond donors (Lipinski definition) is 2. The van der Waals surface area contributed by atoms with Crippen molar-refractivity contribution in [3.8, 4) is 0 Å². The van der Waals surface area contributed by atoms with Crippen molar-refractivity contribution in [3.05, 3.63) is 49.6 Å². The number of sulfonamides is 1. The van der Waals surface area contributed by atoms with Gasteiger partial charge in [-0.3, -0.25) is 14.1 Å². The summed E-state index contributed by atoms with van der Waals surface area (Å²) in [5.74, 6) is -0.285. The Balaban J connectivity index is 2.04. The fourth-order valence-electron chi connectivity index (χ4n) is 3.28. The lowest BCUT2D eigenvalue weighted by Gasteiger charge is -2.20. The zero-order chi connectivity index (χ0) is 19.8. The highest BCUT2D eigenvalue weighted by molar-refractivity contribution is 14.1. The molecule has 1 aliphatic carbocycles. The summed E-state index contributed by atoms with van der Waals surface area (Å²) in [6, 6.07) is 6.12. The Morgan fingerprint density at radius 1 is 1.19 bits per heavy atom. The van der Waals surface area contributed by atoms with Crippen LogP contribution >= 0.6 is 22.6 Å². The molecular formula is C18H21FIN3O3S. The highest BCUT2D eigenvalue weighted by Crippen LogP contribution is 2.31. The molecule has 6 nitrogen and oxygen atoms in total. The van der Waals surface area contributed by atoms with Crippen molar-refractivity contribution in [2.24, 2.45) is 7.05 Å². The van der Waals surface area contributed by atoms with Crippen LogP contribution in [0.25, 0.3) is 0 Å². The SMILES string of the molecule is Cc1cc(NS(=O)(=O)C2CCCC2)c(Nc2ccc(I)cc2F)n(C)c1=O. The molecule has 1 saturated carbocycles. The van der Waals surface area contributed by atoms with Crippen LogP contribution in [0.1, 0.15) is 31.2 Å². The number of benzene rings is 1. The van der Waals surface area contributed by atoms with Gasteiger partial charge in [-0.1, -0.05) is 12.8 Å². The molecule has 2 aromatic rings. The van der Waals surface area contributed by atoms with E-state index in [1.165, 1.54) is 23.7 Å². The second-order valence-electron chi connectivity index (χ2n) is 6.76. The molecule has 0 spiro atoms. The number of aryl methyl sites for hydroxylation is 1. The lowest BCUT2D eigenvalue weighted by molar-refractivity contribution is 0.585. The molecule has 146 valence electrons. The van der Waals surface area contributed by atoms with E-state index < -0.39 is 21.1 Å². The molecule has 1 aromatic heterocycles. The summed E-state index contributed by atoms with van der Waals surface area (Å²) in [6.07, 6.45) is 3.01. The number of halogens is 2. The van der Waals surface area contributed by atoms with Crippen LogP contribution in [-0.4, -0.2) is 18.2 Å². The van der Waals surface area contributed by atoms with Gasteiger partial charge in [0.25, 0.3) is 5.56 Å². The molecule has 0 atom stereocenters. The predicted molar refractivity (Wildman–Crippen MR) is 114 cm³/mol. The molecule has 27 heavy (non-hydrogen) atoms. The molecule has 1 aliphatic rings. The van der Waals surface area contributed by atoms with E-state index in [1.54, 1.807) is 19.1 Å². The Bertz CT molecular complexity index is 1030. The molecule has 0 unspecified atom stereocenters. The summed E-state index contributed by atoms with van der Waals surface area (Å²) in [6.45, 7) is 1.62. The van der Waals surface area contributed by atoms with Crippen molar-refractivity contribution in [2.45, 2.75) is 37.9 Å². The van der Waals surface area contributed by atoms with Gasteiger partial charge in [0, 0.05) is 16.2 Å². The molecule has 1 heterocycles. The summed E-state index contributed by atoms with van der Waals surface area (Å²) >= 11 is 2.00. The first-order chi connectivity index (χ1) is 12.7. The zero-order valence-electron chi connectivity index (χ0n) is 15.1. The van der Waals surface area contributed by atoms with Crippen LogP contribution in [0.3, 0.4) is 0 Å². The smallest absolute Gasteiger partial charge is 0.254 e. The molecule has 0 amide bonds. The van der Waals surface area contributed by atoms with Gasteiger partial charge in [-0.05, 0) is 66.6 Å². The molecule has 1 aromatic carbocycles. The Morgan fingerprint density at radius 2 is 1.85 bits per heavy atom. The van der Waals surface area contributed by atoms with Crippen LogP contribution in [0.4, 0.5) is 21.6 Å². The van der Waals surface area contributed by atoms with Crippen molar-refractivity contribution < 1.29 is 12.8 Å². The molecule has 0 radical (unpaired) electrons. The molecule has 9 heteroatoms. The Kier molecular flexibility index (Phi) is 5.80. The number of hydrogen-bond acceptors (Lipinski definition) is 4. The van der Waals surface area contributed by atoms with Crippen molar-refractivity contribution in [1.29, 1.82) is 0 Å².